The molecule has 1 aliphatic carbocycles. The molecule has 1 aromatic heterocycles. The highest BCUT2D eigenvalue weighted by atomic mass is 16.4. The van der Waals surface area contributed by atoms with Crippen LogP contribution in [0.5, 0.6) is 0 Å². The van der Waals surface area contributed by atoms with E-state index in [1.807, 2.05) is 19.3 Å². The van der Waals surface area contributed by atoms with Gasteiger partial charge in [0.05, 0.1) is 17.7 Å². The van der Waals surface area contributed by atoms with E-state index in [4.69, 9.17) is 5.11 Å². The molecule has 0 fully saturated rings. The van der Waals surface area contributed by atoms with Crippen LogP contribution in [0.1, 0.15) is 12.1 Å². The number of carboxylic acids is 1. The van der Waals surface area contributed by atoms with Crippen molar-refractivity contribution >= 4 is 12.0 Å². The largest absolute Gasteiger partial charge is 0.481 e. The van der Waals surface area contributed by atoms with E-state index >= 15 is 0 Å². The molecular formula is C13H18N4O3. The predicted molar refractivity (Wildman–Crippen MR) is 72.1 cm³/mol. The summed E-state index contributed by atoms with van der Waals surface area (Å²) >= 11 is 0. The summed E-state index contributed by atoms with van der Waals surface area (Å²) in [7, 11) is 1.84. The highest BCUT2D eigenvalue weighted by Gasteiger charge is 2.25. The molecule has 0 aliphatic heterocycles. The van der Waals surface area contributed by atoms with Crippen molar-refractivity contribution in [2.75, 3.05) is 6.54 Å². The molecule has 7 nitrogen and oxygen atoms in total. The topological polar surface area (TPSA) is 96.2 Å². The lowest BCUT2D eigenvalue weighted by molar-refractivity contribution is -0.140. The van der Waals surface area contributed by atoms with Gasteiger partial charge >= 0.3 is 12.0 Å². The monoisotopic (exact) mass is 278 g/mol. The average Bonchev–Trinajstić information content (AvgIpc) is 2.99. The van der Waals surface area contributed by atoms with E-state index in [-0.39, 0.29) is 12.1 Å². The molecule has 0 radical (unpaired) electrons. The van der Waals surface area contributed by atoms with Gasteiger partial charge in [-0.25, -0.2) is 4.79 Å². The predicted octanol–water partition coefficient (Wildman–Crippen LogP) is 0.291. The van der Waals surface area contributed by atoms with Crippen molar-refractivity contribution in [2.24, 2.45) is 13.0 Å². The van der Waals surface area contributed by atoms with Gasteiger partial charge in [0.2, 0.25) is 0 Å². The number of carboxylic acid groups (broad SMARTS) is 1. The van der Waals surface area contributed by atoms with Crippen LogP contribution in [0.4, 0.5) is 4.79 Å². The summed E-state index contributed by atoms with van der Waals surface area (Å²) in [5, 5.41) is 18.5. The summed E-state index contributed by atoms with van der Waals surface area (Å²) in [6.45, 7) is 0.488. The number of nitrogens with one attached hydrogen (secondary N) is 2. The minimum atomic E-state index is -0.860. The summed E-state index contributed by atoms with van der Waals surface area (Å²) in [6, 6.07) is 1.39. The van der Waals surface area contributed by atoms with Gasteiger partial charge in [-0.3, -0.25) is 9.48 Å². The van der Waals surface area contributed by atoms with Crippen molar-refractivity contribution in [2.45, 2.75) is 18.9 Å². The second-order valence-corrected chi connectivity index (χ2v) is 4.80. The SMILES string of the molecule is Cn1ccc(CCNC(=O)NC2C=CC(C(=O)O)C2)n1. The number of amides is 2. The normalized spacial score (nSPS) is 20.9. The third-order valence-electron chi connectivity index (χ3n) is 3.15. The van der Waals surface area contributed by atoms with Gasteiger partial charge in [0.15, 0.2) is 0 Å². The molecule has 0 spiro atoms. The van der Waals surface area contributed by atoms with Crippen LogP contribution >= 0.6 is 0 Å². The minimum Gasteiger partial charge on any atom is -0.481 e. The summed E-state index contributed by atoms with van der Waals surface area (Å²) in [4.78, 5) is 22.4. The van der Waals surface area contributed by atoms with Gasteiger partial charge in [-0.05, 0) is 12.5 Å². The number of rotatable bonds is 5. The molecule has 0 bridgehead atoms. The first-order valence-electron chi connectivity index (χ1n) is 6.48. The summed E-state index contributed by atoms with van der Waals surface area (Å²) in [5.74, 6) is -1.37. The average molecular weight is 278 g/mol. The van der Waals surface area contributed by atoms with Crippen molar-refractivity contribution in [3.63, 3.8) is 0 Å². The molecule has 0 saturated heterocycles. The van der Waals surface area contributed by atoms with Crippen LogP contribution in [0.2, 0.25) is 0 Å². The van der Waals surface area contributed by atoms with Crippen LogP contribution in [0, 0.1) is 5.92 Å². The van der Waals surface area contributed by atoms with E-state index in [1.54, 1.807) is 16.8 Å². The molecule has 2 atom stereocenters. The Morgan fingerprint density at radius 2 is 2.30 bits per heavy atom. The molecule has 2 amide bonds. The number of nitrogens with zero attached hydrogens (tertiary/aromatic N) is 2. The molecule has 7 heteroatoms. The van der Waals surface area contributed by atoms with E-state index in [2.05, 4.69) is 15.7 Å². The first kappa shape index (κ1) is 14.1. The Bertz CT molecular complexity index is 523. The van der Waals surface area contributed by atoms with E-state index in [0.29, 0.717) is 19.4 Å². The van der Waals surface area contributed by atoms with Crippen LogP contribution in [-0.2, 0) is 18.3 Å². The van der Waals surface area contributed by atoms with Crippen LogP contribution in [-0.4, -0.2) is 39.5 Å². The van der Waals surface area contributed by atoms with E-state index in [1.165, 1.54) is 0 Å². The number of urea groups is 1. The maximum Gasteiger partial charge on any atom is 0.315 e. The summed E-state index contributed by atoms with van der Waals surface area (Å²) in [6.07, 6.45) is 6.25. The molecule has 2 unspecified atom stereocenters. The quantitative estimate of drug-likeness (QED) is 0.674. The number of aliphatic carboxylic acids is 1. The Morgan fingerprint density at radius 3 is 2.90 bits per heavy atom. The van der Waals surface area contributed by atoms with Crippen LogP contribution in [0.3, 0.4) is 0 Å². The van der Waals surface area contributed by atoms with Gasteiger partial charge in [0.25, 0.3) is 0 Å². The maximum absolute atomic E-state index is 11.6. The third-order valence-corrected chi connectivity index (χ3v) is 3.15. The molecule has 108 valence electrons. The molecular weight excluding hydrogens is 260 g/mol. The van der Waals surface area contributed by atoms with Crippen molar-refractivity contribution in [3.05, 3.63) is 30.1 Å². The highest BCUT2D eigenvalue weighted by molar-refractivity contribution is 5.76. The number of hydrogen-bond donors (Lipinski definition) is 3. The van der Waals surface area contributed by atoms with E-state index in [9.17, 15) is 9.59 Å². The van der Waals surface area contributed by atoms with Crippen molar-refractivity contribution < 1.29 is 14.7 Å². The van der Waals surface area contributed by atoms with E-state index in [0.717, 1.165) is 5.69 Å². The third kappa shape index (κ3) is 3.84. The van der Waals surface area contributed by atoms with Gasteiger partial charge < -0.3 is 15.7 Å². The zero-order valence-corrected chi connectivity index (χ0v) is 11.2. The molecule has 1 aliphatic rings. The molecule has 3 N–H and O–H groups in total. The van der Waals surface area contributed by atoms with Crippen molar-refractivity contribution in [1.82, 2.24) is 20.4 Å². The summed E-state index contributed by atoms with van der Waals surface area (Å²) < 4.78 is 1.71. The number of carbonyl (C=O) groups excluding carboxylic acids is 1. The number of aryl methyl sites for hydroxylation is 1. The molecule has 20 heavy (non-hydrogen) atoms. The van der Waals surface area contributed by atoms with Crippen LogP contribution in [0.25, 0.3) is 0 Å². The fraction of sp³-hybridized carbons (Fsp3) is 0.462. The second-order valence-electron chi connectivity index (χ2n) is 4.80. The molecule has 0 saturated carbocycles. The van der Waals surface area contributed by atoms with Gasteiger partial charge in [0, 0.05) is 26.2 Å². The number of aromatic nitrogens is 2. The first-order chi connectivity index (χ1) is 9.54. The fourth-order valence-electron chi connectivity index (χ4n) is 2.11. The lowest BCUT2D eigenvalue weighted by Crippen LogP contribution is -2.41. The first-order valence-corrected chi connectivity index (χ1v) is 6.48. The number of hydrogen-bond acceptors (Lipinski definition) is 3. The Kier molecular flexibility index (Phi) is 4.39. The Morgan fingerprint density at radius 1 is 1.50 bits per heavy atom. The zero-order valence-electron chi connectivity index (χ0n) is 11.2. The maximum atomic E-state index is 11.6. The molecule has 0 aromatic carbocycles. The van der Waals surface area contributed by atoms with E-state index < -0.39 is 11.9 Å². The number of carbonyl (C=O) groups is 2. The summed E-state index contributed by atoms with van der Waals surface area (Å²) in [5.41, 5.74) is 0.916. The molecule has 1 aromatic rings. The van der Waals surface area contributed by atoms with Gasteiger partial charge in [-0.1, -0.05) is 12.2 Å². The lowest BCUT2D eigenvalue weighted by atomic mass is 10.1. The standard InChI is InChI=1S/C13H18N4O3/c1-17-7-5-10(16-17)4-6-14-13(20)15-11-3-2-9(8-11)12(18)19/h2-3,5,7,9,11H,4,6,8H2,1H3,(H,18,19)(H2,14,15,20). The Hall–Kier alpha value is -2.31. The van der Waals surface area contributed by atoms with Crippen LogP contribution in [0.15, 0.2) is 24.4 Å². The lowest BCUT2D eigenvalue weighted by Gasteiger charge is -2.12. The van der Waals surface area contributed by atoms with Gasteiger partial charge in [-0.15, -0.1) is 0 Å². The second kappa shape index (κ2) is 6.23. The molecule has 2 rings (SSSR count). The Labute approximate surface area is 116 Å². The zero-order chi connectivity index (χ0) is 14.5. The highest BCUT2D eigenvalue weighted by Crippen LogP contribution is 2.17. The van der Waals surface area contributed by atoms with Gasteiger partial charge in [0.1, 0.15) is 0 Å². The smallest absolute Gasteiger partial charge is 0.315 e. The van der Waals surface area contributed by atoms with Crippen LogP contribution < -0.4 is 10.6 Å². The van der Waals surface area contributed by atoms with Gasteiger partial charge in [-0.2, -0.15) is 5.10 Å². The Balaban J connectivity index is 1.66. The van der Waals surface area contributed by atoms with Crippen molar-refractivity contribution in [1.29, 1.82) is 0 Å². The van der Waals surface area contributed by atoms with Crippen molar-refractivity contribution in [3.8, 4) is 0 Å². The molecule has 1 heterocycles. The fourth-order valence-corrected chi connectivity index (χ4v) is 2.11. The minimum absolute atomic E-state index is 0.217.